The summed E-state index contributed by atoms with van der Waals surface area (Å²) in [6.07, 6.45) is 0.605. The van der Waals surface area contributed by atoms with Crippen LogP contribution in [0, 0.1) is 39.5 Å². The highest BCUT2D eigenvalue weighted by Crippen LogP contribution is 2.41. The molecule has 0 saturated heterocycles. The van der Waals surface area contributed by atoms with E-state index in [-0.39, 0.29) is 23.7 Å². The molecular weight excluding hydrogens is 312 g/mol. The van der Waals surface area contributed by atoms with Crippen LogP contribution in [0.2, 0.25) is 0 Å². The molecule has 2 unspecified atom stereocenters. The minimum absolute atomic E-state index is 0.0703. The summed E-state index contributed by atoms with van der Waals surface area (Å²) in [5, 5.41) is 5.99. The number of aryl methyl sites for hydroxylation is 4. The van der Waals surface area contributed by atoms with Crippen LogP contribution in [0.25, 0.3) is 0 Å². The molecule has 4 nitrogen and oxygen atoms in total. The Kier molecular flexibility index (Phi) is 4.62. The van der Waals surface area contributed by atoms with Crippen LogP contribution in [-0.4, -0.2) is 11.8 Å². The van der Waals surface area contributed by atoms with E-state index in [0.717, 1.165) is 33.6 Å². The van der Waals surface area contributed by atoms with Crippen molar-refractivity contribution in [2.75, 3.05) is 10.6 Å². The van der Waals surface area contributed by atoms with Crippen molar-refractivity contribution in [3.05, 3.63) is 58.7 Å². The standard InChI is InChI=1S/C21H24N2O2/c1-12-7-5-8-13(2)18(12)22-20(24)16-11-17(16)21(25)23-19-14(3)9-6-10-15(19)4/h5-10,16-17H,11H2,1-4H3,(H,22,24)(H,23,25). The molecule has 0 aromatic heterocycles. The number of anilines is 2. The van der Waals surface area contributed by atoms with E-state index in [0.29, 0.717) is 6.42 Å². The third-order valence-corrected chi connectivity index (χ3v) is 4.92. The van der Waals surface area contributed by atoms with Gasteiger partial charge in [-0.1, -0.05) is 36.4 Å². The molecule has 2 aromatic rings. The SMILES string of the molecule is Cc1cccc(C)c1NC(=O)C1CC1C(=O)Nc1c(C)cccc1C. The number of para-hydroxylation sites is 2. The summed E-state index contributed by atoms with van der Waals surface area (Å²) < 4.78 is 0. The van der Waals surface area contributed by atoms with Crippen molar-refractivity contribution in [3.63, 3.8) is 0 Å². The summed E-state index contributed by atoms with van der Waals surface area (Å²) in [6, 6.07) is 11.8. The molecule has 0 bridgehead atoms. The minimum Gasteiger partial charge on any atom is -0.325 e. The van der Waals surface area contributed by atoms with Crippen LogP contribution in [0.4, 0.5) is 11.4 Å². The maximum absolute atomic E-state index is 12.5. The first-order valence-corrected chi connectivity index (χ1v) is 8.62. The molecule has 2 amide bonds. The van der Waals surface area contributed by atoms with E-state index < -0.39 is 0 Å². The third kappa shape index (κ3) is 3.58. The molecule has 2 N–H and O–H groups in total. The molecule has 3 rings (SSSR count). The first kappa shape index (κ1) is 17.2. The van der Waals surface area contributed by atoms with Crippen LogP contribution in [0.1, 0.15) is 28.7 Å². The largest absolute Gasteiger partial charge is 0.325 e. The second-order valence-corrected chi connectivity index (χ2v) is 6.96. The second kappa shape index (κ2) is 6.71. The number of rotatable bonds is 4. The number of hydrogen-bond donors (Lipinski definition) is 2. The normalized spacial score (nSPS) is 18.6. The Morgan fingerprint density at radius 2 is 1.04 bits per heavy atom. The van der Waals surface area contributed by atoms with Crippen LogP contribution in [0.5, 0.6) is 0 Å². The molecule has 2 aromatic carbocycles. The van der Waals surface area contributed by atoms with Crippen molar-refractivity contribution in [2.24, 2.45) is 11.8 Å². The molecule has 0 spiro atoms. The monoisotopic (exact) mass is 336 g/mol. The van der Waals surface area contributed by atoms with E-state index in [1.807, 2.05) is 64.1 Å². The van der Waals surface area contributed by atoms with Crippen LogP contribution in [0.15, 0.2) is 36.4 Å². The molecule has 0 aliphatic heterocycles. The van der Waals surface area contributed by atoms with Crippen molar-refractivity contribution in [3.8, 4) is 0 Å². The molecular formula is C21H24N2O2. The summed E-state index contributed by atoms with van der Waals surface area (Å²) in [5.74, 6) is -0.634. The fraction of sp³-hybridized carbons (Fsp3) is 0.333. The minimum atomic E-state index is -0.247. The lowest BCUT2D eigenvalue weighted by atomic mass is 10.1. The molecule has 2 atom stereocenters. The highest BCUT2D eigenvalue weighted by molar-refractivity contribution is 6.04. The van der Waals surface area contributed by atoms with Crippen molar-refractivity contribution < 1.29 is 9.59 Å². The Bertz CT molecular complexity index is 732. The summed E-state index contributed by atoms with van der Waals surface area (Å²) >= 11 is 0. The van der Waals surface area contributed by atoms with Gasteiger partial charge in [-0.15, -0.1) is 0 Å². The predicted octanol–water partition coefficient (Wildman–Crippen LogP) is 4.13. The van der Waals surface area contributed by atoms with E-state index in [2.05, 4.69) is 10.6 Å². The lowest BCUT2D eigenvalue weighted by Gasteiger charge is -2.12. The Balaban J connectivity index is 1.64. The molecule has 130 valence electrons. The Labute approximate surface area is 148 Å². The second-order valence-electron chi connectivity index (χ2n) is 6.96. The van der Waals surface area contributed by atoms with Gasteiger partial charge in [0.15, 0.2) is 0 Å². The van der Waals surface area contributed by atoms with Gasteiger partial charge in [0.25, 0.3) is 0 Å². The molecule has 1 aliphatic rings. The van der Waals surface area contributed by atoms with Gasteiger partial charge < -0.3 is 10.6 Å². The van der Waals surface area contributed by atoms with Gasteiger partial charge in [-0.25, -0.2) is 0 Å². The van der Waals surface area contributed by atoms with E-state index in [1.165, 1.54) is 0 Å². The quantitative estimate of drug-likeness (QED) is 0.882. The van der Waals surface area contributed by atoms with Crippen LogP contribution < -0.4 is 10.6 Å². The first-order valence-electron chi connectivity index (χ1n) is 8.62. The number of carbonyl (C=O) groups is 2. The summed E-state index contributed by atoms with van der Waals surface area (Å²) in [4.78, 5) is 25.0. The van der Waals surface area contributed by atoms with Gasteiger partial charge >= 0.3 is 0 Å². The van der Waals surface area contributed by atoms with Gasteiger partial charge in [0.2, 0.25) is 11.8 Å². The molecule has 1 saturated carbocycles. The van der Waals surface area contributed by atoms with Crippen LogP contribution >= 0.6 is 0 Å². The molecule has 0 radical (unpaired) electrons. The van der Waals surface area contributed by atoms with Gasteiger partial charge in [0.1, 0.15) is 0 Å². The number of amides is 2. The highest BCUT2D eigenvalue weighted by Gasteiger charge is 2.48. The van der Waals surface area contributed by atoms with E-state index in [4.69, 9.17) is 0 Å². The maximum atomic E-state index is 12.5. The van der Waals surface area contributed by atoms with E-state index in [9.17, 15) is 9.59 Å². The zero-order valence-electron chi connectivity index (χ0n) is 15.1. The summed E-state index contributed by atoms with van der Waals surface area (Å²) in [5.41, 5.74) is 5.84. The summed E-state index contributed by atoms with van der Waals surface area (Å²) in [6.45, 7) is 7.89. The van der Waals surface area contributed by atoms with E-state index >= 15 is 0 Å². The Morgan fingerprint density at radius 1 is 0.720 bits per heavy atom. The molecule has 4 heteroatoms. The zero-order chi connectivity index (χ0) is 18.1. The number of benzene rings is 2. The van der Waals surface area contributed by atoms with Crippen molar-refractivity contribution in [1.82, 2.24) is 0 Å². The average molecular weight is 336 g/mol. The topological polar surface area (TPSA) is 58.2 Å². The average Bonchev–Trinajstić information content (AvgIpc) is 3.35. The van der Waals surface area contributed by atoms with Crippen molar-refractivity contribution in [2.45, 2.75) is 34.1 Å². The molecule has 1 fully saturated rings. The Morgan fingerprint density at radius 3 is 1.36 bits per heavy atom. The lowest BCUT2D eigenvalue weighted by Crippen LogP contribution is -2.21. The van der Waals surface area contributed by atoms with E-state index in [1.54, 1.807) is 0 Å². The Hall–Kier alpha value is -2.62. The lowest BCUT2D eigenvalue weighted by molar-refractivity contribution is -0.122. The van der Waals surface area contributed by atoms with Gasteiger partial charge in [-0.05, 0) is 56.4 Å². The number of carbonyl (C=O) groups excluding carboxylic acids is 2. The highest BCUT2D eigenvalue weighted by atomic mass is 16.2. The molecule has 0 heterocycles. The zero-order valence-corrected chi connectivity index (χ0v) is 15.1. The van der Waals surface area contributed by atoms with Crippen molar-refractivity contribution >= 4 is 23.2 Å². The first-order chi connectivity index (χ1) is 11.9. The smallest absolute Gasteiger partial charge is 0.228 e. The third-order valence-electron chi connectivity index (χ3n) is 4.92. The summed E-state index contributed by atoms with van der Waals surface area (Å²) in [7, 11) is 0. The van der Waals surface area contributed by atoms with Gasteiger partial charge in [-0.2, -0.15) is 0 Å². The van der Waals surface area contributed by atoms with Gasteiger partial charge in [0, 0.05) is 11.4 Å². The van der Waals surface area contributed by atoms with Crippen LogP contribution in [0.3, 0.4) is 0 Å². The van der Waals surface area contributed by atoms with Crippen LogP contribution in [-0.2, 0) is 9.59 Å². The predicted molar refractivity (Wildman–Crippen MR) is 101 cm³/mol. The maximum Gasteiger partial charge on any atom is 0.228 e. The fourth-order valence-electron chi connectivity index (χ4n) is 3.23. The van der Waals surface area contributed by atoms with Gasteiger partial charge in [0.05, 0.1) is 11.8 Å². The number of hydrogen-bond acceptors (Lipinski definition) is 2. The van der Waals surface area contributed by atoms with Gasteiger partial charge in [-0.3, -0.25) is 9.59 Å². The molecule has 1 aliphatic carbocycles. The van der Waals surface area contributed by atoms with Crippen molar-refractivity contribution in [1.29, 1.82) is 0 Å². The fourth-order valence-corrected chi connectivity index (χ4v) is 3.23. The number of nitrogens with one attached hydrogen (secondary N) is 2. The molecule has 25 heavy (non-hydrogen) atoms.